The van der Waals surface area contributed by atoms with Crippen molar-refractivity contribution < 1.29 is 0 Å². The molecule has 0 unspecified atom stereocenters. The summed E-state index contributed by atoms with van der Waals surface area (Å²) in [5.74, 6) is 0. The van der Waals surface area contributed by atoms with Gasteiger partial charge >= 0.3 is 0 Å². The summed E-state index contributed by atoms with van der Waals surface area (Å²) in [6, 6.07) is 82.8. The van der Waals surface area contributed by atoms with Gasteiger partial charge in [0.15, 0.2) is 8.07 Å². The molecule has 0 saturated carbocycles. The van der Waals surface area contributed by atoms with Gasteiger partial charge in [-0.1, -0.05) is 188 Å². The lowest BCUT2D eigenvalue weighted by molar-refractivity contribution is 1.31. The third kappa shape index (κ3) is 5.77. The lowest BCUT2D eigenvalue weighted by Crippen LogP contribution is -2.74. The lowest BCUT2D eigenvalue weighted by atomic mass is 10.0. The molecule has 0 atom stereocenters. The van der Waals surface area contributed by atoms with Crippen molar-refractivity contribution in [2.75, 3.05) is 4.90 Å². The van der Waals surface area contributed by atoms with Crippen molar-refractivity contribution in [3.63, 3.8) is 0 Å². The number of anilines is 3. The number of fused-ring (bicyclic) bond motifs is 4. The van der Waals surface area contributed by atoms with E-state index in [0.29, 0.717) is 0 Å². The first-order chi connectivity index (χ1) is 27.3. The first-order valence-electron chi connectivity index (χ1n) is 18.8. The first kappa shape index (κ1) is 33.1. The molecule has 10 aromatic rings. The Morgan fingerprint density at radius 3 is 1.45 bits per heavy atom. The van der Waals surface area contributed by atoms with E-state index in [1.165, 1.54) is 62.8 Å². The maximum atomic E-state index is 2.45. The molecule has 9 aromatic carbocycles. The fourth-order valence-corrected chi connectivity index (χ4v) is 14.4. The van der Waals surface area contributed by atoms with Gasteiger partial charge in [-0.15, -0.1) is 11.3 Å². The van der Waals surface area contributed by atoms with E-state index in [9.17, 15) is 0 Å². The average molecular weight is 736 g/mol. The average Bonchev–Trinajstić information content (AvgIpc) is 3.63. The molecule has 0 aliphatic carbocycles. The molecule has 55 heavy (non-hydrogen) atoms. The first-order valence-corrected chi connectivity index (χ1v) is 21.7. The van der Waals surface area contributed by atoms with Crippen molar-refractivity contribution in [3.8, 4) is 11.1 Å². The molecule has 3 heteroatoms. The van der Waals surface area contributed by atoms with Crippen LogP contribution in [-0.4, -0.2) is 8.07 Å². The van der Waals surface area contributed by atoms with Crippen LogP contribution in [0.1, 0.15) is 0 Å². The fraction of sp³-hybridized carbons (Fsp3) is 0. The number of thiophene rings is 1. The quantitative estimate of drug-likeness (QED) is 0.111. The molecule has 1 heterocycles. The third-order valence-corrected chi connectivity index (χ3v) is 16.9. The predicted octanol–water partition coefficient (Wildman–Crippen LogP) is 11.7. The van der Waals surface area contributed by atoms with Crippen molar-refractivity contribution in [1.29, 1.82) is 0 Å². The summed E-state index contributed by atoms with van der Waals surface area (Å²) in [4.78, 5) is 2.45. The number of hydrogen-bond donors (Lipinski definition) is 0. The Morgan fingerprint density at radius 2 is 0.818 bits per heavy atom. The second kappa shape index (κ2) is 14.0. The number of nitrogens with zero attached hydrogens (tertiary/aromatic N) is 1. The monoisotopic (exact) mass is 735 g/mol. The fourth-order valence-electron chi connectivity index (χ4n) is 8.47. The Kier molecular flexibility index (Phi) is 8.44. The van der Waals surface area contributed by atoms with Crippen LogP contribution in [0.2, 0.25) is 0 Å². The normalized spacial score (nSPS) is 11.6. The van der Waals surface area contributed by atoms with Gasteiger partial charge < -0.3 is 4.90 Å². The highest BCUT2D eigenvalue weighted by Crippen LogP contribution is 2.43. The molecule has 0 amide bonds. The van der Waals surface area contributed by atoms with E-state index >= 15 is 0 Å². The maximum Gasteiger partial charge on any atom is 0.179 e. The molecular formula is C52H37NSSi. The van der Waals surface area contributed by atoms with Gasteiger partial charge in [0.05, 0.1) is 5.69 Å². The second-order valence-corrected chi connectivity index (χ2v) is 19.0. The van der Waals surface area contributed by atoms with Crippen LogP contribution in [0.25, 0.3) is 42.1 Å². The van der Waals surface area contributed by atoms with Gasteiger partial charge in [0.1, 0.15) is 0 Å². The summed E-state index contributed by atoms with van der Waals surface area (Å²) in [5.41, 5.74) is 5.92. The predicted molar refractivity (Wildman–Crippen MR) is 241 cm³/mol. The van der Waals surface area contributed by atoms with E-state index < -0.39 is 8.07 Å². The molecule has 0 N–H and O–H groups in total. The zero-order valence-corrected chi connectivity index (χ0v) is 32.0. The van der Waals surface area contributed by atoms with Crippen LogP contribution in [0.5, 0.6) is 0 Å². The SMILES string of the molecule is c1ccc(-c2ccc3c(c2)sc2cc(N(c4ccc([Si](c5ccccc5)(c5ccccc5)c5ccccc5)cc4)c4cccc5ccccc45)ccc23)cc1. The number of benzene rings is 9. The van der Waals surface area contributed by atoms with E-state index in [0.717, 1.165) is 17.1 Å². The highest BCUT2D eigenvalue weighted by atomic mass is 32.1. The summed E-state index contributed by atoms with van der Waals surface area (Å²) >= 11 is 1.87. The Balaban J connectivity index is 1.16. The molecule has 0 saturated heterocycles. The van der Waals surface area contributed by atoms with Gasteiger partial charge in [0, 0.05) is 36.9 Å². The standard InChI is InChI=1S/C52H37NSSi/c1-5-16-38(17-6-1)40-28-34-48-49-35-31-42(37-52(49)54-51(48)36-40)53(50-27-15-19-39-18-13-14-26-47(39)50)41-29-32-46(33-30-41)55(43-20-7-2-8-21-43,44-22-9-3-10-23-44)45-24-11-4-12-25-45/h1-37H. The van der Waals surface area contributed by atoms with Crippen molar-refractivity contribution >= 4 is 88.2 Å². The Labute approximate surface area is 327 Å². The van der Waals surface area contributed by atoms with Crippen molar-refractivity contribution in [1.82, 2.24) is 0 Å². The molecule has 0 fully saturated rings. The highest BCUT2D eigenvalue weighted by Gasteiger charge is 2.41. The third-order valence-electron chi connectivity index (χ3n) is 11.0. The zero-order chi connectivity index (χ0) is 36.6. The molecule has 1 nitrogen and oxygen atoms in total. The lowest BCUT2D eigenvalue weighted by Gasteiger charge is -2.35. The van der Waals surface area contributed by atoms with Gasteiger partial charge in [-0.3, -0.25) is 0 Å². The summed E-state index contributed by atoms with van der Waals surface area (Å²) < 4.78 is 2.59. The van der Waals surface area contributed by atoms with Crippen LogP contribution >= 0.6 is 11.3 Å². The molecule has 0 aliphatic rings. The van der Waals surface area contributed by atoms with Crippen molar-refractivity contribution in [2.24, 2.45) is 0 Å². The summed E-state index contributed by atoms with van der Waals surface area (Å²) in [6.45, 7) is 0. The smallest absolute Gasteiger partial charge is 0.179 e. The molecule has 0 radical (unpaired) electrons. The van der Waals surface area contributed by atoms with E-state index in [-0.39, 0.29) is 0 Å². The number of rotatable bonds is 8. The van der Waals surface area contributed by atoms with Gasteiger partial charge in [-0.05, 0) is 73.7 Å². The Hall–Kier alpha value is -6.52. The topological polar surface area (TPSA) is 3.24 Å². The summed E-state index contributed by atoms with van der Waals surface area (Å²) in [7, 11) is -2.66. The molecule has 0 bridgehead atoms. The molecule has 260 valence electrons. The van der Waals surface area contributed by atoms with Crippen LogP contribution in [0.3, 0.4) is 0 Å². The molecule has 0 spiro atoms. The van der Waals surface area contributed by atoms with E-state index in [1.54, 1.807) is 0 Å². The number of hydrogen-bond acceptors (Lipinski definition) is 2. The Bertz CT molecular complexity index is 2800. The summed E-state index contributed by atoms with van der Waals surface area (Å²) in [6.07, 6.45) is 0. The van der Waals surface area contributed by atoms with Gasteiger partial charge in [-0.25, -0.2) is 0 Å². The van der Waals surface area contributed by atoms with Gasteiger partial charge in [-0.2, -0.15) is 0 Å². The van der Waals surface area contributed by atoms with Crippen molar-refractivity contribution in [3.05, 3.63) is 224 Å². The second-order valence-electron chi connectivity index (χ2n) is 14.1. The van der Waals surface area contributed by atoms with E-state index in [1.807, 2.05) is 11.3 Å². The van der Waals surface area contributed by atoms with E-state index in [4.69, 9.17) is 0 Å². The summed E-state index contributed by atoms with van der Waals surface area (Å²) in [5, 5.41) is 10.5. The minimum Gasteiger partial charge on any atom is -0.310 e. The van der Waals surface area contributed by atoms with Crippen LogP contribution in [-0.2, 0) is 0 Å². The molecule has 0 aliphatic heterocycles. The van der Waals surface area contributed by atoms with Crippen LogP contribution in [0.4, 0.5) is 17.1 Å². The minimum atomic E-state index is -2.66. The molecule has 10 rings (SSSR count). The van der Waals surface area contributed by atoms with Gasteiger partial charge in [0.25, 0.3) is 0 Å². The van der Waals surface area contributed by atoms with Crippen LogP contribution in [0, 0.1) is 0 Å². The van der Waals surface area contributed by atoms with Crippen LogP contribution < -0.4 is 25.6 Å². The zero-order valence-electron chi connectivity index (χ0n) is 30.2. The van der Waals surface area contributed by atoms with Crippen LogP contribution in [0.15, 0.2) is 224 Å². The maximum absolute atomic E-state index is 2.66. The van der Waals surface area contributed by atoms with Crippen molar-refractivity contribution in [2.45, 2.75) is 0 Å². The molecule has 1 aromatic heterocycles. The molecular weight excluding hydrogens is 699 g/mol. The highest BCUT2D eigenvalue weighted by molar-refractivity contribution is 7.26. The largest absolute Gasteiger partial charge is 0.310 e. The minimum absolute atomic E-state index is 1.13. The van der Waals surface area contributed by atoms with Gasteiger partial charge in [0.2, 0.25) is 0 Å². The van der Waals surface area contributed by atoms with E-state index in [2.05, 4.69) is 229 Å². The Morgan fingerprint density at radius 1 is 0.327 bits per heavy atom.